The van der Waals surface area contributed by atoms with Crippen LogP contribution in [-0.4, -0.2) is 41.3 Å². The first-order valence-corrected chi connectivity index (χ1v) is 10.1. The van der Waals surface area contributed by atoms with Gasteiger partial charge in [-0.1, -0.05) is 50.1 Å². The molecule has 2 N–H and O–H groups in total. The van der Waals surface area contributed by atoms with Gasteiger partial charge in [-0.3, -0.25) is 0 Å². The molecule has 2 aliphatic rings. The van der Waals surface area contributed by atoms with Gasteiger partial charge in [0.25, 0.3) is 0 Å². The molecule has 5 heteroatoms. The van der Waals surface area contributed by atoms with Crippen LogP contribution in [0, 0.1) is 0 Å². The summed E-state index contributed by atoms with van der Waals surface area (Å²) in [7, 11) is 0. The zero-order valence-electron chi connectivity index (χ0n) is 17.1. The van der Waals surface area contributed by atoms with Crippen molar-refractivity contribution in [1.82, 2.24) is 15.3 Å². The van der Waals surface area contributed by atoms with Crippen LogP contribution < -0.4 is 20.8 Å². The summed E-state index contributed by atoms with van der Waals surface area (Å²) in [5.41, 5.74) is 1.97. The molecule has 148 valence electrons. The smallest absolute Gasteiger partial charge is 0.165 e. The molecular formula is C23H30N4O. The standard InChI is InChI=1S/C20H22N4O.C3H8/c1-14-6-8-15-17(9-7-14)22-19(16-4-2-3-5-18(16)25)23-20(15)24-12-10-21-11-13-24;1-3-2/h2-6,8-9,21,25H,7,10-13H2,1H3;3H2,1-2H3. The van der Waals surface area contributed by atoms with Gasteiger partial charge in [0.05, 0.1) is 10.9 Å². The van der Waals surface area contributed by atoms with Crippen molar-refractivity contribution in [3.05, 3.63) is 46.5 Å². The SMILES string of the molecule is CC1=CC=c2c(N3CCNCC3)nc(-c3ccccc3O)nc2=CC1.CCC. The molecule has 2 aromatic rings. The summed E-state index contributed by atoms with van der Waals surface area (Å²) in [6, 6.07) is 7.25. The molecule has 1 aliphatic carbocycles. The molecule has 28 heavy (non-hydrogen) atoms. The number of phenols is 1. The van der Waals surface area contributed by atoms with Gasteiger partial charge in [0.1, 0.15) is 11.6 Å². The number of nitrogens with one attached hydrogen (secondary N) is 1. The van der Waals surface area contributed by atoms with Crippen molar-refractivity contribution in [2.24, 2.45) is 0 Å². The molecule has 1 aliphatic heterocycles. The van der Waals surface area contributed by atoms with E-state index in [0.29, 0.717) is 11.4 Å². The van der Waals surface area contributed by atoms with Crippen molar-refractivity contribution >= 4 is 18.0 Å². The van der Waals surface area contributed by atoms with E-state index < -0.39 is 0 Å². The number of hydrogen-bond donors (Lipinski definition) is 2. The largest absolute Gasteiger partial charge is 0.507 e. The third-order valence-electron chi connectivity index (χ3n) is 4.67. The fourth-order valence-corrected chi connectivity index (χ4v) is 3.24. The summed E-state index contributed by atoms with van der Waals surface area (Å²) in [5, 5.41) is 15.6. The number of phenolic OH excluding ortho intramolecular Hbond substituents is 1. The van der Waals surface area contributed by atoms with E-state index in [9.17, 15) is 5.11 Å². The van der Waals surface area contributed by atoms with Gasteiger partial charge in [0, 0.05) is 31.4 Å². The Morgan fingerprint density at radius 1 is 1.07 bits per heavy atom. The maximum Gasteiger partial charge on any atom is 0.165 e. The second-order valence-corrected chi connectivity index (χ2v) is 7.22. The van der Waals surface area contributed by atoms with E-state index in [0.717, 1.165) is 49.0 Å². The van der Waals surface area contributed by atoms with Crippen LogP contribution >= 0.6 is 0 Å². The predicted octanol–water partition coefficient (Wildman–Crippen LogP) is 2.59. The normalized spacial score (nSPS) is 15.8. The third-order valence-corrected chi connectivity index (χ3v) is 4.67. The van der Waals surface area contributed by atoms with Gasteiger partial charge in [-0.2, -0.15) is 0 Å². The van der Waals surface area contributed by atoms with E-state index in [1.54, 1.807) is 6.07 Å². The van der Waals surface area contributed by atoms with Crippen LogP contribution in [0.2, 0.25) is 0 Å². The molecule has 4 rings (SSSR count). The Kier molecular flexibility index (Phi) is 6.82. The molecule has 0 atom stereocenters. The van der Waals surface area contributed by atoms with Gasteiger partial charge < -0.3 is 15.3 Å². The Hall–Kier alpha value is -2.66. The van der Waals surface area contributed by atoms with Crippen LogP contribution in [0.1, 0.15) is 33.6 Å². The number of nitrogens with zero attached hydrogens (tertiary/aromatic N) is 3. The van der Waals surface area contributed by atoms with Crippen molar-refractivity contribution in [3.8, 4) is 17.1 Å². The molecule has 5 nitrogen and oxygen atoms in total. The first-order chi connectivity index (χ1) is 13.6. The van der Waals surface area contributed by atoms with E-state index in [4.69, 9.17) is 9.97 Å². The fraction of sp³-hybridized carbons (Fsp3) is 0.391. The highest BCUT2D eigenvalue weighted by Gasteiger charge is 2.17. The Morgan fingerprint density at radius 3 is 2.50 bits per heavy atom. The summed E-state index contributed by atoms with van der Waals surface area (Å²) in [6.07, 6.45) is 8.56. The lowest BCUT2D eigenvalue weighted by atomic mass is 10.1. The second-order valence-electron chi connectivity index (χ2n) is 7.22. The fourth-order valence-electron chi connectivity index (χ4n) is 3.24. The predicted molar refractivity (Wildman–Crippen MR) is 117 cm³/mol. The Morgan fingerprint density at radius 2 is 1.79 bits per heavy atom. The van der Waals surface area contributed by atoms with Crippen molar-refractivity contribution in [3.63, 3.8) is 0 Å². The Bertz CT molecular complexity index is 959. The van der Waals surface area contributed by atoms with Crippen molar-refractivity contribution in [2.45, 2.75) is 33.6 Å². The zero-order chi connectivity index (χ0) is 19.9. The number of fused-ring (bicyclic) bond motifs is 1. The molecule has 1 fully saturated rings. The molecule has 0 saturated carbocycles. The summed E-state index contributed by atoms with van der Waals surface area (Å²) >= 11 is 0. The number of piperazine rings is 1. The number of aromatic nitrogens is 2. The monoisotopic (exact) mass is 378 g/mol. The quantitative estimate of drug-likeness (QED) is 0.841. The molecule has 0 unspecified atom stereocenters. The molecule has 0 bridgehead atoms. The van der Waals surface area contributed by atoms with Gasteiger partial charge in [-0.15, -0.1) is 0 Å². The van der Waals surface area contributed by atoms with Gasteiger partial charge in [0.2, 0.25) is 0 Å². The summed E-state index contributed by atoms with van der Waals surface area (Å²) in [4.78, 5) is 11.9. The highest BCUT2D eigenvalue weighted by Crippen LogP contribution is 2.25. The highest BCUT2D eigenvalue weighted by molar-refractivity contribution is 5.66. The minimum Gasteiger partial charge on any atom is -0.507 e. The highest BCUT2D eigenvalue weighted by atomic mass is 16.3. The lowest BCUT2D eigenvalue weighted by Crippen LogP contribution is -2.47. The molecule has 1 saturated heterocycles. The van der Waals surface area contributed by atoms with E-state index in [2.05, 4.69) is 49.2 Å². The maximum absolute atomic E-state index is 10.2. The van der Waals surface area contributed by atoms with Gasteiger partial charge in [-0.25, -0.2) is 9.97 Å². The minimum absolute atomic E-state index is 0.209. The van der Waals surface area contributed by atoms with Crippen LogP contribution in [0.4, 0.5) is 5.82 Å². The average Bonchev–Trinajstić information content (AvgIpc) is 2.91. The first kappa shape index (κ1) is 20.1. The zero-order valence-corrected chi connectivity index (χ0v) is 17.1. The molecule has 2 heterocycles. The topological polar surface area (TPSA) is 61.3 Å². The number of rotatable bonds is 2. The van der Waals surface area contributed by atoms with Crippen LogP contribution in [0.3, 0.4) is 0 Å². The summed E-state index contributed by atoms with van der Waals surface area (Å²) < 4.78 is 0. The number of para-hydroxylation sites is 1. The van der Waals surface area contributed by atoms with Crippen molar-refractivity contribution in [1.29, 1.82) is 0 Å². The van der Waals surface area contributed by atoms with E-state index in [1.807, 2.05) is 18.2 Å². The van der Waals surface area contributed by atoms with Gasteiger partial charge in [-0.05, 0) is 31.6 Å². The van der Waals surface area contributed by atoms with E-state index in [-0.39, 0.29) is 5.75 Å². The van der Waals surface area contributed by atoms with Gasteiger partial charge >= 0.3 is 0 Å². The molecular weight excluding hydrogens is 348 g/mol. The molecule has 0 radical (unpaired) electrons. The summed E-state index contributed by atoms with van der Waals surface area (Å²) in [5.74, 6) is 1.74. The number of aromatic hydroxyl groups is 1. The minimum atomic E-state index is 0.209. The van der Waals surface area contributed by atoms with Crippen molar-refractivity contribution in [2.75, 3.05) is 31.1 Å². The maximum atomic E-state index is 10.2. The second kappa shape index (κ2) is 9.51. The molecule has 0 amide bonds. The Labute approximate surface area is 167 Å². The van der Waals surface area contributed by atoms with Crippen LogP contribution in [-0.2, 0) is 0 Å². The summed E-state index contributed by atoms with van der Waals surface area (Å²) in [6.45, 7) is 10.1. The van der Waals surface area contributed by atoms with Crippen LogP contribution in [0.25, 0.3) is 23.5 Å². The van der Waals surface area contributed by atoms with E-state index >= 15 is 0 Å². The third kappa shape index (κ3) is 4.60. The number of allylic oxidation sites excluding steroid dienone is 2. The number of benzene rings is 1. The van der Waals surface area contributed by atoms with Crippen LogP contribution in [0.5, 0.6) is 5.75 Å². The van der Waals surface area contributed by atoms with Crippen LogP contribution in [0.15, 0.2) is 35.9 Å². The lowest BCUT2D eigenvalue weighted by Gasteiger charge is -2.29. The average molecular weight is 379 g/mol. The molecule has 1 aromatic carbocycles. The van der Waals surface area contributed by atoms with Gasteiger partial charge in [0.15, 0.2) is 5.82 Å². The van der Waals surface area contributed by atoms with E-state index in [1.165, 1.54) is 12.0 Å². The lowest BCUT2D eigenvalue weighted by molar-refractivity contribution is 0.477. The van der Waals surface area contributed by atoms with Crippen molar-refractivity contribution < 1.29 is 5.11 Å². The molecule has 1 aromatic heterocycles. The number of hydrogen-bond acceptors (Lipinski definition) is 5. The first-order valence-electron chi connectivity index (χ1n) is 10.1. The number of anilines is 1. The Balaban J connectivity index is 0.000000706. The molecule has 0 spiro atoms.